The third kappa shape index (κ3) is 2.78. The van der Waals surface area contributed by atoms with Gasteiger partial charge in [0.2, 0.25) is 0 Å². The average Bonchev–Trinajstić information content (AvgIpc) is 2.99. The van der Waals surface area contributed by atoms with Gasteiger partial charge in [-0.15, -0.1) is 0 Å². The number of amides is 2. The summed E-state index contributed by atoms with van der Waals surface area (Å²) in [6.45, 7) is 0. The molecule has 2 aliphatic heterocycles. The van der Waals surface area contributed by atoms with Crippen molar-refractivity contribution < 1.29 is 13.2 Å². The molecule has 0 N–H and O–H groups in total. The van der Waals surface area contributed by atoms with Gasteiger partial charge in [0.25, 0.3) is 0 Å². The Morgan fingerprint density at radius 2 is 1.48 bits per heavy atom. The van der Waals surface area contributed by atoms with Crippen molar-refractivity contribution >= 4 is 50.4 Å². The number of hydrogen-bond donors (Lipinski definition) is 0. The minimum absolute atomic E-state index is 0.0625. The third-order valence-corrected chi connectivity index (χ3v) is 6.86. The van der Waals surface area contributed by atoms with Gasteiger partial charge in [0.15, 0.2) is 9.84 Å². The van der Waals surface area contributed by atoms with Crippen molar-refractivity contribution in [1.82, 2.24) is 0 Å². The van der Waals surface area contributed by atoms with Gasteiger partial charge in [0.05, 0.1) is 34.3 Å². The fraction of sp³-hybridized carbons (Fsp3) is 0.235. The predicted octanol–water partition coefficient (Wildman–Crippen LogP) is 3.61. The Hall–Kier alpha value is -1.76. The molecule has 2 aliphatic rings. The Kier molecular flexibility index (Phi) is 3.94. The van der Waals surface area contributed by atoms with Crippen LogP contribution in [0.5, 0.6) is 0 Å². The largest absolute Gasteiger partial charge is 0.329 e. The normalized spacial score (nSPS) is 24.6. The van der Waals surface area contributed by atoms with E-state index in [4.69, 9.17) is 23.2 Å². The van der Waals surface area contributed by atoms with E-state index in [2.05, 4.69) is 0 Å². The van der Waals surface area contributed by atoms with Crippen molar-refractivity contribution in [2.75, 3.05) is 21.3 Å². The van der Waals surface area contributed by atoms with Crippen molar-refractivity contribution in [1.29, 1.82) is 0 Å². The first-order valence-electron chi connectivity index (χ1n) is 7.70. The zero-order chi connectivity index (χ0) is 17.8. The summed E-state index contributed by atoms with van der Waals surface area (Å²) in [5.74, 6) is -0.133. The smallest absolute Gasteiger partial charge is 0.288 e. The average molecular weight is 397 g/mol. The van der Waals surface area contributed by atoms with Gasteiger partial charge in [0.1, 0.15) is 0 Å². The molecule has 2 aromatic rings. The minimum Gasteiger partial charge on any atom is -0.288 e. The quantitative estimate of drug-likeness (QED) is 0.728. The Labute approximate surface area is 155 Å². The number of para-hydroxylation sites is 1. The van der Waals surface area contributed by atoms with Crippen molar-refractivity contribution in [2.45, 2.75) is 12.1 Å². The van der Waals surface area contributed by atoms with Gasteiger partial charge in [0, 0.05) is 10.7 Å². The first kappa shape index (κ1) is 16.7. The van der Waals surface area contributed by atoms with Crippen molar-refractivity contribution in [3.8, 4) is 0 Å². The summed E-state index contributed by atoms with van der Waals surface area (Å²) in [5, 5.41) is 0.964. The number of carbonyl (C=O) groups excluding carboxylic acids is 1. The highest BCUT2D eigenvalue weighted by Crippen LogP contribution is 2.40. The second-order valence-corrected chi connectivity index (χ2v) is 9.16. The molecule has 0 unspecified atom stereocenters. The van der Waals surface area contributed by atoms with Crippen molar-refractivity contribution in [2.24, 2.45) is 0 Å². The Balaban J connectivity index is 1.83. The van der Waals surface area contributed by atoms with Crippen molar-refractivity contribution in [3.05, 3.63) is 58.6 Å². The number of nitrogens with zero attached hydrogens (tertiary/aromatic N) is 2. The van der Waals surface area contributed by atoms with E-state index in [1.165, 1.54) is 9.80 Å². The molecule has 0 saturated carbocycles. The van der Waals surface area contributed by atoms with E-state index in [-0.39, 0.29) is 17.5 Å². The molecule has 0 spiro atoms. The van der Waals surface area contributed by atoms with Gasteiger partial charge in [-0.3, -0.25) is 9.80 Å². The zero-order valence-corrected chi connectivity index (χ0v) is 15.3. The van der Waals surface area contributed by atoms with Crippen molar-refractivity contribution in [3.63, 3.8) is 0 Å². The van der Waals surface area contributed by atoms with Gasteiger partial charge in [-0.05, 0) is 36.4 Å². The van der Waals surface area contributed by atoms with Crippen LogP contribution in [0.3, 0.4) is 0 Å². The van der Waals surface area contributed by atoms with Crippen LogP contribution in [0.1, 0.15) is 0 Å². The lowest BCUT2D eigenvalue weighted by Crippen LogP contribution is -2.38. The van der Waals surface area contributed by atoms with Crippen LogP contribution < -0.4 is 9.80 Å². The van der Waals surface area contributed by atoms with Crippen LogP contribution in [0.15, 0.2) is 48.5 Å². The van der Waals surface area contributed by atoms with Crippen LogP contribution in [0.2, 0.25) is 10.0 Å². The third-order valence-electron chi connectivity index (χ3n) is 4.59. The lowest BCUT2D eigenvalue weighted by Gasteiger charge is -2.23. The highest BCUT2D eigenvalue weighted by Gasteiger charge is 2.54. The van der Waals surface area contributed by atoms with E-state index in [1.807, 2.05) is 0 Å². The number of rotatable bonds is 2. The minimum atomic E-state index is -3.24. The van der Waals surface area contributed by atoms with Gasteiger partial charge in [-0.1, -0.05) is 35.3 Å². The molecule has 0 radical (unpaired) electrons. The molecule has 5 nitrogen and oxygen atoms in total. The fourth-order valence-electron chi connectivity index (χ4n) is 3.54. The molecule has 25 heavy (non-hydrogen) atoms. The number of carbonyl (C=O) groups is 1. The molecule has 8 heteroatoms. The molecule has 2 saturated heterocycles. The predicted molar refractivity (Wildman–Crippen MR) is 99.5 cm³/mol. The SMILES string of the molecule is O=C1N(c2ccc(Cl)cc2)[C@@H]2CS(=O)(=O)C[C@H]2N1c1ccccc1Cl. The van der Waals surface area contributed by atoms with Gasteiger partial charge in [-0.2, -0.15) is 0 Å². The van der Waals surface area contributed by atoms with Gasteiger partial charge < -0.3 is 0 Å². The molecule has 2 aromatic carbocycles. The summed E-state index contributed by atoms with van der Waals surface area (Å²) in [6.07, 6.45) is 0. The molecule has 2 atom stereocenters. The summed E-state index contributed by atoms with van der Waals surface area (Å²) in [6, 6.07) is 12.6. The van der Waals surface area contributed by atoms with E-state index in [0.29, 0.717) is 21.4 Å². The molecule has 0 aromatic heterocycles. The van der Waals surface area contributed by atoms with Crippen LogP contribution in [0.4, 0.5) is 16.2 Å². The monoisotopic (exact) mass is 396 g/mol. The van der Waals surface area contributed by atoms with E-state index in [0.717, 1.165) is 0 Å². The first-order chi connectivity index (χ1) is 11.9. The summed E-state index contributed by atoms with van der Waals surface area (Å²) in [5.41, 5.74) is 1.15. The topological polar surface area (TPSA) is 57.7 Å². The van der Waals surface area contributed by atoms with Crippen LogP contribution in [-0.4, -0.2) is 38.0 Å². The molecule has 2 heterocycles. The number of fused-ring (bicyclic) bond motifs is 1. The van der Waals surface area contributed by atoms with Gasteiger partial charge in [-0.25, -0.2) is 13.2 Å². The van der Waals surface area contributed by atoms with Crippen LogP contribution in [0, 0.1) is 0 Å². The molecule has 0 aliphatic carbocycles. The number of halogens is 2. The second kappa shape index (κ2) is 5.90. The standard InChI is InChI=1S/C17H14Cl2N2O3S/c18-11-5-7-12(8-6-11)20-15-9-25(23,24)10-16(15)21(17(20)22)14-4-2-1-3-13(14)19/h1-8,15-16H,9-10H2/t15-,16-/m1/s1. The number of benzene rings is 2. The van der Waals surface area contributed by atoms with Crippen LogP contribution in [-0.2, 0) is 9.84 Å². The zero-order valence-electron chi connectivity index (χ0n) is 13.0. The van der Waals surface area contributed by atoms with Crippen LogP contribution >= 0.6 is 23.2 Å². The number of urea groups is 1. The highest BCUT2D eigenvalue weighted by atomic mass is 35.5. The van der Waals surface area contributed by atoms with E-state index in [9.17, 15) is 13.2 Å². The maximum atomic E-state index is 13.1. The molecule has 4 rings (SSSR count). The molecule has 2 fully saturated rings. The summed E-state index contributed by atoms with van der Waals surface area (Å²) in [4.78, 5) is 16.2. The lowest BCUT2D eigenvalue weighted by molar-refractivity contribution is 0.255. The first-order valence-corrected chi connectivity index (χ1v) is 10.3. The van der Waals surface area contributed by atoms with E-state index in [1.54, 1.807) is 48.5 Å². The second-order valence-electron chi connectivity index (χ2n) is 6.16. The molecule has 2 amide bonds. The number of sulfone groups is 1. The van der Waals surface area contributed by atoms with E-state index < -0.39 is 21.9 Å². The van der Waals surface area contributed by atoms with E-state index >= 15 is 0 Å². The highest BCUT2D eigenvalue weighted by molar-refractivity contribution is 7.91. The summed E-state index contributed by atoms with van der Waals surface area (Å²) >= 11 is 12.2. The Morgan fingerprint density at radius 3 is 2.12 bits per heavy atom. The summed E-state index contributed by atoms with van der Waals surface area (Å²) in [7, 11) is -3.24. The van der Waals surface area contributed by atoms with Crippen LogP contribution in [0.25, 0.3) is 0 Å². The fourth-order valence-corrected chi connectivity index (χ4v) is 5.81. The molecule has 0 bridgehead atoms. The Morgan fingerprint density at radius 1 is 0.880 bits per heavy atom. The number of anilines is 2. The molecular formula is C17H14Cl2N2O3S. The van der Waals surface area contributed by atoms with Gasteiger partial charge >= 0.3 is 6.03 Å². The molecular weight excluding hydrogens is 383 g/mol. The maximum Gasteiger partial charge on any atom is 0.329 e. The number of hydrogen-bond acceptors (Lipinski definition) is 3. The lowest BCUT2D eigenvalue weighted by atomic mass is 10.1. The maximum absolute atomic E-state index is 13.1. The summed E-state index contributed by atoms with van der Waals surface area (Å²) < 4.78 is 24.4. The Bertz CT molecular complexity index is 947. The molecule has 130 valence electrons.